The Balaban J connectivity index is 2.87. The summed E-state index contributed by atoms with van der Waals surface area (Å²) < 4.78 is 0. The molecule has 0 atom stereocenters. The second kappa shape index (κ2) is 7.82. The van der Waals surface area contributed by atoms with Gasteiger partial charge in [0.05, 0.1) is 11.9 Å². The SMILES string of the molecule is CCC(CC)CNC(=O)c1nc(C(C)C)ncc1NC. The quantitative estimate of drug-likeness (QED) is 0.805. The summed E-state index contributed by atoms with van der Waals surface area (Å²) in [5.74, 6) is 1.28. The van der Waals surface area contributed by atoms with Crippen molar-refractivity contribution in [1.29, 1.82) is 0 Å². The van der Waals surface area contributed by atoms with E-state index in [-0.39, 0.29) is 11.8 Å². The summed E-state index contributed by atoms with van der Waals surface area (Å²) in [7, 11) is 1.77. The molecule has 5 heteroatoms. The lowest BCUT2D eigenvalue weighted by Gasteiger charge is -2.15. The van der Waals surface area contributed by atoms with E-state index in [4.69, 9.17) is 0 Å². The van der Waals surface area contributed by atoms with Crippen molar-refractivity contribution in [1.82, 2.24) is 15.3 Å². The first-order valence-corrected chi connectivity index (χ1v) is 7.36. The number of anilines is 1. The van der Waals surface area contributed by atoms with Gasteiger partial charge in [-0.25, -0.2) is 9.97 Å². The number of rotatable bonds is 7. The number of carbonyl (C=O) groups excluding carboxylic acids is 1. The fourth-order valence-corrected chi connectivity index (χ4v) is 1.93. The van der Waals surface area contributed by atoms with E-state index in [1.54, 1.807) is 13.2 Å². The highest BCUT2D eigenvalue weighted by Gasteiger charge is 2.16. The van der Waals surface area contributed by atoms with Crippen LogP contribution in [0.3, 0.4) is 0 Å². The van der Waals surface area contributed by atoms with Crippen molar-refractivity contribution < 1.29 is 4.79 Å². The molecular formula is C15H26N4O. The molecule has 5 nitrogen and oxygen atoms in total. The van der Waals surface area contributed by atoms with Gasteiger partial charge in [0.25, 0.3) is 5.91 Å². The first-order chi connectivity index (χ1) is 9.53. The van der Waals surface area contributed by atoms with Crippen LogP contribution in [0.4, 0.5) is 5.69 Å². The molecule has 1 aromatic heterocycles. The average Bonchev–Trinajstić information content (AvgIpc) is 2.47. The van der Waals surface area contributed by atoms with Gasteiger partial charge in [-0.15, -0.1) is 0 Å². The van der Waals surface area contributed by atoms with Gasteiger partial charge in [0.2, 0.25) is 0 Å². The van der Waals surface area contributed by atoms with Crippen LogP contribution in [0, 0.1) is 5.92 Å². The zero-order valence-corrected chi connectivity index (χ0v) is 13.2. The molecular weight excluding hydrogens is 252 g/mol. The van der Waals surface area contributed by atoms with Gasteiger partial charge < -0.3 is 10.6 Å². The lowest BCUT2D eigenvalue weighted by Crippen LogP contribution is -2.30. The average molecular weight is 278 g/mol. The van der Waals surface area contributed by atoms with Crippen molar-refractivity contribution in [3.8, 4) is 0 Å². The third kappa shape index (κ3) is 4.18. The van der Waals surface area contributed by atoms with Gasteiger partial charge >= 0.3 is 0 Å². The Morgan fingerprint density at radius 3 is 2.45 bits per heavy atom. The van der Waals surface area contributed by atoms with Crippen LogP contribution in [0.2, 0.25) is 0 Å². The predicted octanol–water partition coefficient (Wildman–Crippen LogP) is 2.81. The molecule has 1 amide bonds. The highest BCUT2D eigenvalue weighted by molar-refractivity contribution is 5.97. The van der Waals surface area contributed by atoms with E-state index in [1.165, 1.54) is 0 Å². The fraction of sp³-hybridized carbons (Fsp3) is 0.667. The summed E-state index contributed by atoms with van der Waals surface area (Å²) in [4.78, 5) is 20.9. The second-order valence-electron chi connectivity index (χ2n) is 5.29. The Morgan fingerprint density at radius 2 is 1.95 bits per heavy atom. The summed E-state index contributed by atoms with van der Waals surface area (Å²) in [6, 6.07) is 0. The number of nitrogens with zero attached hydrogens (tertiary/aromatic N) is 2. The zero-order chi connectivity index (χ0) is 15.1. The molecule has 0 spiro atoms. The van der Waals surface area contributed by atoms with Crippen molar-refractivity contribution in [3.63, 3.8) is 0 Å². The molecule has 2 N–H and O–H groups in total. The summed E-state index contributed by atoms with van der Waals surface area (Å²) in [5.41, 5.74) is 1.09. The van der Waals surface area contributed by atoms with Crippen LogP contribution in [0.15, 0.2) is 6.20 Å². The minimum atomic E-state index is -0.134. The number of hydrogen-bond donors (Lipinski definition) is 2. The standard InChI is InChI=1S/C15H26N4O/c1-6-11(7-2)8-18-15(20)13-12(16-5)9-17-14(19-13)10(3)4/h9-11,16H,6-8H2,1-5H3,(H,18,20). The van der Waals surface area contributed by atoms with Gasteiger partial charge in [0.15, 0.2) is 5.69 Å². The molecule has 1 aromatic rings. The van der Waals surface area contributed by atoms with Crippen LogP contribution in [-0.4, -0.2) is 29.5 Å². The van der Waals surface area contributed by atoms with Gasteiger partial charge in [-0.05, 0) is 5.92 Å². The number of hydrogen-bond acceptors (Lipinski definition) is 4. The molecule has 20 heavy (non-hydrogen) atoms. The maximum Gasteiger partial charge on any atom is 0.272 e. The Labute approximate surface area is 121 Å². The Bertz CT molecular complexity index is 441. The zero-order valence-electron chi connectivity index (χ0n) is 13.2. The van der Waals surface area contributed by atoms with Gasteiger partial charge in [-0.1, -0.05) is 40.5 Å². The largest absolute Gasteiger partial charge is 0.385 e. The van der Waals surface area contributed by atoms with Crippen LogP contribution in [0.1, 0.15) is 62.8 Å². The fourth-order valence-electron chi connectivity index (χ4n) is 1.93. The van der Waals surface area contributed by atoms with E-state index in [2.05, 4.69) is 34.4 Å². The van der Waals surface area contributed by atoms with Crippen LogP contribution >= 0.6 is 0 Å². The van der Waals surface area contributed by atoms with E-state index in [0.29, 0.717) is 29.7 Å². The molecule has 0 fully saturated rings. The van der Waals surface area contributed by atoms with Gasteiger partial charge in [-0.2, -0.15) is 0 Å². The molecule has 1 rings (SSSR count). The second-order valence-corrected chi connectivity index (χ2v) is 5.29. The lowest BCUT2D eigenvalue weighted by molar-refractivity contribution is 0.0942. The monoisotopic (exact) mass is 278 g/mol. The van der Waals surface area contributed by atoms with Crippen LogP contribution in [0.5, 0.6) is 0 Å². The van der Waals surface area contributed by atoms with E-state index in [9.17, 15) is 4.79 Å². The van der Waals surface area contributed by atoms with Gasteiger partial charge in [0, 0.05) is 19.5 Å². The predicted molar refractivity (Wildman–Crippen MR) is 82.1 cm³/mol. The molecule has 0 bridgehead atoms. The molecule has 0 aliphatic heterocycles. The molecule has 0 saturated carbocycles. The maximum atomic E-state index is 12.3. The van der Waals surface area contributed by atoms with E-state index in [0.717, 1.165) is 12.8 Å². The van der Waals surface area contributed by atoms with E-state index < -0.39 is 0 Å². The third-order valence-electron chi connectivity index (χ3n) is 3.51. The molecule has 0 unspecified atom stereocenters. The van der Waals surface area contributed by atoms with Gasteiger partial charge in [-0.3, -0.25) is 4.79 Å². The molecule has 112 valence electrons. The van der Waals surface area contributed by atoms with E-state index >= 15 is 0 Å². The molecule has 0 aliphatic carbocycles. The molecule has 0 aliphatic rings. The van der Waals surface area contributed by atoms with E-state index in [1.807, 2.05) is 13.8 Å². The Morgan fingerprint density at radius 1 is 1.30 bits per heavy atom. The highest BCUT2D eigenvalue weighted by atomic mass is 16.1. The number of aromatic nitrogens is 2. The first kappa shape index (κ1) is 16.4. The van der Waals surface area contributed by atoms with Crippen molar-refractivity contribution in [2.45, 2.75) is 46.5 Å². The Hall–Kier alpha value is -1.65. The smallest absolute Gasteiger partial charge is 0.272 e. The van der Waals surface area contributed by atoms with Crippen LogP contribution < -0.4 is 10.6 Å². The van der Waals surface area contributed by atoms with Crippen molar-refractivity contribution in [2.24, 2.45) is 5.92 Å². The summed E-state index contributed by atoms with van der Waals surface area (Å²) in [5, 5.41) is 5.94. The maximum absolute atomic E-state index is 12.3. The summed E-state index contributed by atoms with van der Waals surface area (Å²) in [6.07, 6.45) is 3.81. The molecule has 0 aromatic carbocycles. The molecule has 0 radical (unpaired) electrons. The summed E-state index contributed by atoms with van der Waals surface area (Å²) in [6.45, 7) is 9.00. The first-order valence-electron chi connectivity index (χ1n) is 7.36. The third-order valence-corrected chi connectivity index (χ3v) is 3.51. The number of nitrogens with one attached hydrogen (secondary N) is 2. The molecule has 1 heterocycles. The highest BCUT2D eigenvalue weighted by Crippen LogP contribution is 2.16. The minimum absolute atomic E-state index is 0.134. The Kier molecular flexibility index (Phi) is 6.42. The number of amides is 1. The van der Waals surface area contributed by atoms with Crippen LogP contribution in [-0.2, 0) is 0 Å². The lowest BCUT2D eigenvalue weighted by atomic mass is 10.0. The van der Waals surface area contributed by atoms with Gasteiger partial charge in [0.1, 0.15) is 5.82 Å². The minimum Gasteiger partial charge on any atom is -0.385 e. The topological polar surface area (TPSA) is 66.9 Å². The number of carbonyl (C=O) groups is 1. The molecule has 0 saturated heterocycles. The van der Waals surface area contributed by atoms with Crippen molar-refractivity contribution in [2.75, 3.05) is 18.9 Å². The van der Waals surface area contributed by atoms with Crippen LogP contribution in [0.25, 0.3) is 0 Å². The van der Waals surface area contributed by atoms with Crippen molar-refractivity contribution in [3.05, 3.63) is 17.7 Å². The summed E-state index contributed by atoms with van der Waals surface area (Å²) >= 11 is 0. The normalized spacial score (nSPS) is 10.9. The van der Waals surface area contributed by atoms with Crippen molar-refractivity contribution >= 4 is 11.6 Å².